The van der Waals surface area contributed by atoms with Gasteiger partial charge in [0.05, 0.1) is 0 Å². The highest BCUT2D eigenvalue weighted by Crippen LogP contribution is 2.26. The molecule has 3 rings (SSSR count). The Morgan fingerprint density at radius 3 is 2.00 bits per heavy atom. The van der Waals surface area contributed by atoms with Crippen LogP contribution in [0.3, 0.4) is 0 Å². The molecule has 4 bridgehead atoms. The standard InChI is InChI=1S/C30H34/c1-5-25-17-18-27-9-7-11-29(21-27)24(4)15-13-23(3)14-16-26-10-8-12-30(22-26)28(6-2)20-19-25/h5-13,15,21-22H,3-4,14,16-20H2,1-2H3/b15-13-,25-5+,28-6?. The summed E-state index contributed by atoms with van der Waals surface area (Å²) in [4.78, 5) is 0. The third kappa shape index (κ3) is 6.07. The van der Waals surface area contributed by atoms with Crippen molar-refractivity contribution in [2.75, 3.05) is 0 Å². The molecule has 0 fully saturated rings. The van der Waals surface area contributed by atoms with E-state index in [0.29, 0.717) is 0 Å². The molecule has 0 saturated carbocycles. The number of allylic oxidation sites excluding steroid dienone is 8. The van der Waals surface area contributed by atoms with Crippen LogP contribution in [0, 0.1) is 0 Å². The number of hydrogen-bond donors (Lipinski definition) is 0. The van der Waals surface area contributed by atoms with Crippen molar-refractivity contribution in [2.45, 2.75) is 52.4 Å². The van der Waals surface area contributed by atoms with Crippen molar-refractivity contribution in [3.8, 4) is 0 Å². The molecule has 0 radical (unpaired) electrons. The lowest BCUT2D eigenvalue weighted by atomic mass is 9.92. The van der Waals surface area contributed by atoms with Crippen LogP contribution in [-0.4, -0.2) is 0 Å². The lowest BCUT2D eigenvalue weighted by Crippen LogP contribution is -1.95. The Bertz CT molecular complexity index is 994. The molecule has 2 aromatic rings. The molecule has 0 N–H and O–H groups in total. The minimum Gasteiger partial charge on any atom is -0.0958 e. The van der Waals surface area contributed by atoms with E-state index < -0.39 is 0 Å². The fourth-order valence-corrected chi connectivity index (χ4v) is 4.03. The van der Waals surface area contributed by atoms with Crippen LogP contribution in [0.5, 0.6) is 0 Å². The Balaban J connectivity index is 1.90. The zero-order valence-corrected chi connectivity index (χ0v) is 18.6. The molecule has 1 aliphatic rings. The fourth-order valence-electron chi connectivity index (χ4n) is 4.03. The molecular weight excluding hydrogens is 360 g/mol. The van der Waals surface area contributed by atoms with Gasteiger partial charge in [0.1, 0.15) is 0 Å². The van der Waals surface area contributed by atoms with Crippen molar-refractivity contribution >= 4 is 11.1 Å². The third-order valence-electron chi connectivity index (χ3n) is 6.06. The number of benzene rings is 2. The van der Waals surface area contributed by atoms with E-state index in [1.165, 1.54) is 33.4 Å². The Kier molecular flexibility index (Phi) is 7.85. The lowest BCUT2D eigenvalue weighted by molar-refractivity contribution is 0.850. The van der Waals surface area contributed by atoms with Crippen molar-refractivity contribution in [3.05, 3.63) is 119 Å². The zero-order valence-electron chi connectivity index (χ0n) is 18.6. The van der Waals surface area contributed by atoms with E-state index >= 15 is 0 Å². The predicted octanol–water partition coefficient (Wildman–Crippen LogP) is 8.52. The molecule has 0 amide bonds. The van der Waals surface area contributed by atoms with Crippen LogP contribution < -0.4 is 0 Å². The van der Waals surface area contributed by atoms with E-state index in [4.69, 9.17) is 0 Å². The summed E-state index contributed by atoms with van der Waals surface area (Å²) >= 11 is 0. The molecule has 2 aromatic carbocycles. The summed E-state index contributed by atoms with van der Waals surface area (Å²) in [5, 5.41) is 0. The molecule has 30 heavy (non-hydrogen) atoms. The molecular formula is C30H34. The second-order valence-electron chi connectivity index (χ2n) is 8.18. The summed E-state index contributed by atoms with van der Waals surface area (Å²) in [5.41, 5.74) is 10.5. The molecule has 0 aliphatic heterocycles. The van der Waals surface area contributed by atoms with E-state index in [1.54, 1.807) is 0 Å². The largest absolute Gasteiger partial charge is 0.0958 e. The van der Waals surface area contributed by atoms with E-state index in [2.05, 4.69) is 99.8 Å². The maximum Gasteiger partial charge on any atom is -0.0187 e. The minimum atomic E-state index is 0.959. The van der Waals surface area contributed by atoms with Crippen molar-refractivity contribution < 1.29 is 0 Å². The first-order valence-electron chi connectivity index (χ1n) is 11.1. The molecule has 1 aliphatic carbocycles. The van der Waals surface area contributed by atoms with Gasteiger partial charge in [-0.25, -0.2) is 0 Å². The Morgan fingerprint density at radius 2 is 1.30 bits per heavy atom. The quantitative estimate of drug-likeness (QED) is 0.393. The SMILES string of the molecule is C=C1/C=C\C(=C)c2cccc(c2)CC/C(=C\C)CCC(=CC)c2cccc(c2)CC1. The van der Waals surface area contributed by atoms with Crippen LogP contribution in [0.25, 0.3) is 11.1 Å². The van der Waals surface area contributed by atoms with Crippen LogP contribution in [0.15, 0.2) is 97.1 Å². The van der Waals surface area contributed by atoms with Crippen LogP contribution in [0.4, 0.5) is 0 Å². The summed E-state index contributed by atoms with van der Waals surface area (Å²) in [6, 6.07) is 17.8. The van der Waals surface area contributed by atoms with Gasteiger partial charge in [-0.15, -0.1) is 0 Å². The highest BCUT2D eigenvalue weighted by Gasteiger charge is 2.07. The van der Waals surface area contributed by atoms with Crippen LogP contribution >= 0.6 is 0 Å². The number of aryl methyl sites for hydroxylation is 2. The first kappa shape index (κ1) is 21.8. The summed E-state index contributed by atoms with van der Waals surface area (Å²) in [7, 11) is 0. The predicted molar refractivity (Wildman–Crippen MR) is 133 cm³/mol. The van der Waals surface area contributed by atoms with Crippen molar-refractivity contribution in [2.24, 2.45) is 0 Å². The Morgan fingerprint density at radius 1 is 0.667 bits per heavy atom. The number of fused-ring (bicyclic) bond motifs is 4. The van der Waals surface area contributed by atoms with E-state index in [1.807, 2.05) is 0 Å². The number of rotatable bonds is 0. The molecule has 0 heteroatoms. The van der Waals surface area contributed by atoms with Gasteiger partial charge in [0, 0.05) is 0 Å². The van der Waals surface area contributed by atoms with Gasteiger partial charge < -0.3 is 0 Å². The van der Waals surface area contributed by atoms with Crippen LogP contribution in [0.2, 0.25) is 0 Å². The first-order valence-corrected chi connectivity index (χ1v) is 11.1. The topological polar surface area (TPSA) is 0 Å². The van der Waals surface area contributed by atoms with E-state index in [0.717, 1.165) is 49.7 Å². The smallest absolute Gasteiger partial charge is 0.0187 e. The molecule has 0 spiro atoms. The summed E-state index contributed by atoms with van der Waals surface area (Å²) in [5.74, 6) is 0. The normalized spacial score (nSPS) is 20.1. The monoisotopic (exact) mass is 394 g/mol. The molecule has 0 aromatic heterocycles. The van der Waals surface area contributed by atoms with Crippen molar-refractivity contribution in [1.29, 1.82) is 0 Å². The average Bonchev–Trinajstić information content (AvgIpc) is 2.78. The average molecular weight is 395 g/mol. The maximum atomic E-state index is 4.28. The van der Waals surface area contributed by atoms with Crippen molar-refractivity contribution in [3.63, 3.8) is 0 Å². The van der Waals surface area contributed by atoms with E-state index in [9.17, 15) is 0 Å². The summed E-state index contributed by atoms with van der Waals surface area (Å²) in [6.45, 7) is 12.9. The Labute approximate surface area is 183 Å². The highest BCUT2D eigenvalue weighted by atomic mass is 14.1. The summed E-state index contributed by atoms with van der Waals surface area (Å²) in [6.07, 6.45) is 15.2. The third-order valence-corrected chi connectivity index (χ3v) is 6.06. The molecule has 0 atom stereocenters. The van der Waals surface area contributed by atoms with Gasteiger partial charge >= 0.3 is 0 Å². The van der Waals surface area contributed by atoms with Gasteiger partial charge in [-0.3, -0.25) is 0 Å². The van der Waals surface area contributed by atoms with Gasteiger partial charge in [0.2, 0.25) is 0 Å². The van der Waals surface area contributed by atoms with Gasteiger partial charge in [-0.05, 0) is 85.8 Å². The highest BCUT2D eigenvalue weighted by molar-refractivity contribution is 5.73. The fraction of sp³-hybridized carbons (Fsp3) is 0.267. The van der Waals surface area contributed by atoms with Gasteiger partial charge in [-0.2, -0.15) is 0 Å². The van der Waals surface area contributed by atoms with Gasteiger partial charge in [-0.1, -0.05) is 97.1 Å². The van der Waals surface area contributed by atoms with Crippen LogP contribution in [-0.2, 0) is 12.8 Å². The lowest BCUT2D eigenvalue weighted by Gasteiger charge is -2.13. The van der Waals surface area contributed by atoms with E-state index in [-0.39, 0.29) is 0 Å². The molecule has 0 unspecified atom stereocenters. The molecule has 154 valence electrons. The van der Waals surface area contributed by atoms with Crippen LogP contribution in [0.1, 0.15) is 61.8 Å². The minimum absolute atomic E-state index is 0.959. The van der Waals surface area contributed by atoms with Gasteiger partial charge in [0.15, 0.2) is 0 Å². The van der Waals surface area contributed by atoms with Crippen molar-refractivity contribution in [1.82, 2.24) is 0 Å². The molecule has 0 heterocycles. The zero-order chi connectivity index (χ0) is 21.3. The summed E-state index contributed by atoms with van der Waals surface area (Å²) < 4.78 is 0. The Hall–Kier alpha value is -2.86. The molecule has 0 nitrogen and oxygen atoms in total. The number of hydrogen-bond acceptors (Lipinski definition) is 0. The van der Waals surface area contributed by atoms with Gasteiger partial charge in [0.25, 0.3) is 0 Å². The molecule has 0 saturated heterocycles. The second kappa shape index (κ2) is 10.8. The second-order valence-corrected chi connectivity index (χ2v) is 8.18. The maximum absolute atomic E-state index is 4.28. The first-order chi connectivity index (χ1) is 14.6.